The van der Waals surface area contributed by atoms with E-state index in [-0.39, 0.29) is 30.0 Å². The van der Waals surface area contributed by atoms with Crippen molar-refractivity contribution < 1.29 is 19.0 Å². The number of nitrogens with one attached hydrogen (secondary N) is 2. The van der Waals surface area contributed by atoms with Gasteiger partial charge in [0, 0.05) is 12.1 Å². The molecule has 1 aliphatic rings. The molecular formula is C21H33FN2O3. The molecule has 1 atom stereocenters. The van der Waals surface area contributed by atoms with E-state index in [1.54, 1.807) is 26.0 Å². The largest absolute Gasteiger partial charge is 0.444 e. The smallest absolute Gasteiger partial charge is 0.407 e. The summed E-state index contributed by atoms with van der Waals surface area (Å²) in [4.78, 5) is 11.9. The minimum atomic E-state index is -0.983. The number of rotatable bonds is 5. The molecule has 1 unspecified atom stereocenters. The van der Waals surface area contributed by atoms with Crippen LogP contribution >= 0.6 is 0 Å². The Morgan fingerprint density at radius 1 is 1.07 bits per heavy atom. The summed E-state index contributed by atoms with van der Waals surface area (Å²) in [5.41, 5.74) is -0.626. The van der Waals surface area contributed by atoms with Crippen LogP contribution in [0, 0.1) is 5.82 Å². The first-order valence-electron chi connectivity index (χ1n) is 9.67. The zero-order valence-corrected chi connectivity index (χ0v) is 17.0. The average molecular weight is 381 g/mol. The predicted molar refractivity (Wildman–Crippen MR) is 104 cm³/mol. The van der Waals surface area contributed by atoms with E-state index < -0.39 is 11.2 Å². The Labute approximate surface area is 161 Å². The lowest BCUT2D eigenvalue weighted by Crippen LogP contribution is -2.48. The van der Waals surface area contributed by atoms with Crippen LogP contribution in [-0.4, -0.2) is 34.5 Å². The van der Waals surface area contributed by atoms with Gasteiger partial charge in [0.05, 0.1) is 11.6 Å². The van der Waals surface area contributed by atoms with E-state index in [4.69, 9.17) is 4.74 Å². The van der Waals surface area contributed by atoms with E-state index in [2.05, 4.69) is 10.6 Å². The van der Waals surface area contributed by atoms with Crippen molar-refractivity contribution in [2.45, 2.75) is 89.6 Å². The molecule has 27 heavy (non-hydrogen) atoms. The summed E-state index contributed by atoms with van der Waals surface area (Å²) in [6, 6.07) is 6.28. The van der Waals surface area contributed by atoms with E-state index in [0.717, 1.165) is 31.2 Å². The molecule has 1 fully saturated rings. The Bertz CT molecular complexity index is 612. The molecule has 1 amide bonds. The summed E-state index contributed by atoms with van der Waals surface area (Å²) in [5, 5.41) is 17.0. The SMILES string of the molecule is CC(C)(C)OC(=O)NC1CCC(NC(c2ccc(F)cc2)C(C)(C)O)CC1. The van der Waals surface area contributed by atoms with Gasteiger partial charge >= 0.3 is 6.09 Å². The average Bonchev–Trinajstić information content (AvgIpc) is 2.52. The Balaban J connectivity index is 1.90. The molecule has 0 saturated heterocycles. The van der Waals surface area contributed by atoms with Crippen LogP contribution in [0.25, 0.3) is 0 Å². The number of amides is 1. The third-order valence-corrected chi connectivity index (χ3v) is 4.76. The fraction of sp³-hybridized carbons (Fsp3) is 0.667. The molecule has 1 aliphatic carbocycles. The van der Waals surface area contributed by atoms with Crippen molar-refractivity contribution in [1.82, 2.24) is 10.6 Å². The van der Waals surface area contributed by atoms with Crippen LogP contribution in [0.15, 0.2) is 24.3 Å². The first-order chi connectivity index (χ1) is 12.4. The van der Waals surface area contributed by atoms with Gasteiger partial charge in [0.15, 0.2) is 0 Å². The van der Waals surface area contributed by atoms with E-state index in [1.165, 1.54) is 12.1 Å². The molecule has 1 saturated carbocycles. The highest BCUT2D eigenvalue weighted by Crippen LogP contribution is 2.29. The van der Waals surface area contributed by atoms with Gasteiger partial charge in [-0.05, 0) is 78.0 Å². The zero-order valence-electron chi connectivity index (χ0n) is 17.0. The highest BCUT2D eigenvalue weighted by molar-refractivity contribution is 5.68. The Hall–Kier alpha value is -1.66. The Morgan fingerprint density at radius 2 is 1.59 bits per heavy atom. The van der Waals surface area contributed by atoms with Crippen LogP contribution in [-0.2, 0) is 4.74 Å². The van der Waals surface area contributed by atoms with E-state index in [1.807, 2.05) is 20.8 Å². The number of carbonyl (C=O) groups excluding carboxylic acids is 1. The van der Waals surface area contributed by atoms with Crippen molar-refractivity contribution in [2.24, 2.45) is 0 Å². The van der Waals surface area contributed by atoms with Gasteiger partial charge in [-0.15, -0.1) is 0 Å². The van der Waals surface area contributed by atoms with Crippen LogP contribution in [0.1, 0.15) is 71.9 Å². The fourth-order valence-electron chi connectivity index (χ4n) is 3.48. The molecule has 0 aromatic heterocycles. The van der Waals surface area contributed by atoms with Crippen LogP contribution < -0.4 is 10.6 Å². The molecule has 0 spiro atoms. The van der Waals surface area contributed by atoms with E-state index >= 15 is 0 Å². The minimum Gasteiger partial charge on any atom is -0.444 e. The maximum absolute atomic E-state index is 13.2. The van der Waals surface area contributed by atoms with E-state index in [9.17, 15) is 14.3 Å². The van der Waals surface area contributed by atoms with Crippen molar-refractivity contribution >= 4 is 6.09 Å². The number of hydrogen-bond donors (Lipinski definition) is 3. The summed E-state index contributed by atoms with van der Waals surface area (Å²) in [7, 11) is 0. The molecule has 0 radical (unpaired) electrons. The highest BCUT2D eigenvalue weighted by atomic mass is 19.1. The second-order valence-corrected chi connectivity index (χ2v) is 9.00. The number of ether oxygens (including phenoxy) is 1. The van der Waals surface area contributed by atoms with Gasteiger partial charge in [-0.1, -0.05) is 12.1 Å². The van der Waals surface area contributed by atoms with Gasteiger partial charge in [0.2, 0.25) is 0 Å². The van der Waals surface area contributed by atoms with Crippen LogP contribution in [0.3, 0.4) is 0 Å². The molecule has 3 N–H and O–H groups in total. The van der Waals surface area contributed by atoms with Crippen molar-refractivity contribution in [3.05, 3.63) is 35.6 Å². The van der Waals surface area contributed by atoms with Gasteiger partial charge < -0.3 is 20.5 Å². The Kier molecular flexibility index (Phi) is 6.87. The number of alkyl carbamates (subject to hydrolysis) is 1. The Morgan fingerprint density at radius 3 is 2.07 bits per heavy atom. The molecule has 152 valence electrons. The molecule has 0 heterocycles. The monoisotopic (exact) mass is 380 g/mol. The van der Waals surface area contributed by atoms with Crippen molar-refractivity contribution in [2.75, 3.05) is 0 Å². The third kappa shape index (κ3) is 7.11. The molecular weight excluding hydrogens is 347 g/mol. The highest BCUT2D eigenvalue weighted by Gasteiger charge is 2.32. The molecule has 1 aromatic carbocycles. The lowest BCUT2D eigenvalue weighted by atomic mass is 9.87. The minimum absolute atomic E-state index is 0.101. The van der Waals surface area contributed by atoms with Gasteiger partial charge in [-0.2, -0.15) is 0 Å². The van der Waals surface area contributed by atoms with Gasteiger partial charge in [0.25, 0.3) is 0 Å². The summed E-state index contributed by atoms with van der Waals surface area (Å²) in [5.74, 6) is -0.290. The third-order valence-electron chi connectivity index (χ3n) is 4.76. The zero-order chi connectivity index (χ0) is 20.2. The first kappa shape index (κ1) is 21.6. The predicted octanol–water partition coefficient (Wildman–Crippen LogP) is 4.06. The second-order valence-electron chi connectivity index (χ2n) is 9.00. The lowest BCUT2D eigenvalue weighted by Gasteiger charge is -2.37. The van der Waals surface area contributed by atoms with Gasteiger partial charge in [-0.3, -0.25) is 0 Å². The molecule has 5 nitrogen and oxygen atoms in total. The number of hydrogen-bond acceptors (Lipinski definition) is 4. The molecule has 2 rings (SSSR count). The normalized spacial score (nSPS) is 22.2. The second kappa shape index (κ2) is 8.57. The number of aliphatic hydroxyl groups is 1. The van der Waals surface area contributed by atoms with Crippen molar-refractivity contribution in [3.8, 4) is 0 Å². The number of carbonyl (C=O) groups is 1. The van der Waals surface area contributed by atoms with Crippen LogP contribution in [0.4, 0.5) is 9.18 Å². The maximum Gasteiger partial charge on any atom is 0.407 e. The number of halogens is 1. The fourth-order valence-corrected chi connectivity index (χ4v) is 3.48. The topological polar surface area (TPSA) is 70.6 Å². The van der Waals surface area contributed by atoms with Crippen LogP contribution in [0.2, 0.25) is 0 Å². The molecule has 0 aliphatic heterocycles. The van der Waals surface area contributed by atoms with Crippen LogP contribution in [0.5, 0.6) is 0 Å². The standard InChI is InChI=1S/C21H33FN2O3/c1-20(2,3)27-19(25)24-17-12-10-16(11-13-17)23-18(21(4,5)26)14-6-8-15(22)9-7-14/h6-9,16-18,23,26H,10-13H2,1-5H3,(H,24,25). The quantitative estimate of drug-likeness (QED) is 0.720. The molecule has 6 heteroatoms. The van der Waals surface area contributed by atoms with E-state index in [0.29, 0.717) is 0 Å². The maximum atomic E-state index is 13.2. The summed E-state index contributed by atoms with van der Waals surface area (Å²) in [6.45, 7) is 9.05. The first-order valence-corrected chi connectivity index (χ1v) is 9.67. The van der Waals surface area contributed by atoms with Gasteiger partial charge in [0.1, 0.15) is 11.4 Å². The summed E-state index contributed by atoms with van der Waals surface area (Å²) >= 11 is 0. The summed E-state index contributed by atoms with van der Waals surface area (Å²) in [6.07, 6.45) is 3.08. The van der Waals surface area contributed by atoms with Crippen molar-refractivity contribution in [3.63, 3.8) is 0 Å². The number of benzene rings is 1. The molecule has 0 bridgehead atoms. The summed E-state index contributed by atoms with van der Waals surface area (Å²) < 4.78 is 18.5. The molecule has 1 aromatic rings. The lowest BCUT2D eigenvalue weighted by molar-refractivity contribution is 0.0290. The van der Waals surface area contributed by atoms with Gasteiger partial charge in [-0.25, -0.2) is 9.18 Å². The van der Waals surface area contributed by atoms with Crippen molar-refractivity contribution in [1.29, 1.82) is 0 Å².